The lowest BCUT2D eigenvalue weighted by Crippen LogP contribution is -2.29. The van der Waals surface area contributed by atoms with E-state index in [0.29, 0.717) is 36.1 Å². The van der Waals surface area contributed by atoms with Crippen molar-refractivity contribution >= 4 is 17.5 Å². The number of phenolic OH excluding ortho intramolecular Hbond substituents is 1. The molecule has 1 aromatic carbocycles. The first-order valence-electron chi connectivity index (χ1n) is 5.59. The van der Waals surface area contributed by atoms with Crippen LogP contribution in [-0.2, 0) is 0 Å². The van der Waals surface area contributed by atoms with Crippen LogP contribution in [0.15, 0.2) is 18.2 Å². The van der Waals surface area contributed by atoms with E-state index in [4.69, 9.17) is 17.3 Å². The van der Waals surface area contributed by atoms with Crippen molar-refractivity contribution in [2.45, 2.75) is 6.42 Å². The Morgan fingerprint density at radius 1 is 1.59 bits per heavy atom. The Kier molecular flexibility index (Phi) is 3.54. The summed E-state index contributed by atoms with van der Waals surface area (Å²) >= 11 is 5.73. The van der Waals surface area contributed by atoms with E-state index in [1.165, 1.54) is 6.07 Å². The number of nitrogens with zero attached hydrogens (tertiary/aromatic N) is 1. The Morgan fingerprint density at radius 3 is 2.94 bits per heavy atom. The van der Waals surface area contributed by atoms with Crippen LogP contribution < -0.4 is 5.73 Å². The Hall–Kier alpha value is -1.26. The monoisotopic (exact) mass is 254 g/mol. The fraction of sp³-hybridized carbons (Fsp3) is 0.417. The summed E-state index contributed by atoms with van der Waals surface area (Å²) in [5.41, 5.74) is 5.88. The van der Waals surface area contributed by atoms with Gasteiger partial charge in [0.15, 0.2) is 0 Å². The van der Waals surface area contributed by atoms with E-state index >= 15 is 0 Å². The normalized spacial score (nSPS) is 19.6. The van der Waals surface area contributed by atoms with E-state index in [9.17, 15) is 9.90 Å². The predicted molar refractivity (Wildman–Crippen MR) is 66.2 cm³/mol. The first-order chi connectivity index (χ1) is 8.11. The molecule has 1 aliphatic rings. The van der Waals surface area contributed by atoms with Gasteiger partial charge in [0.2, 0.25) is 0 Å². The molecule has 1 aromatic rings. The summed E-state index contributed by atoms with van der Waals surface area (Å²) in [6, 6.07) is 4.53. The molecule has 0 bridgehead atoms. The largest absolute Gasteiger partial charge is 0.507 e. The molecule has 17 heavy (non-hydrogen) atoms. The van der Waals surface area contributed by atoms with Gasteiger partial charge in [-0.1, -0.05) is 11.6 Å². The molecule has 92 valence electrons. The van der Waals surface area contributed by atoms with E-state index in [1.807, 2.05) is 0 Å². The molecule has 5 heteroatoms. The number of carbonyl (C=O) groups is 1. The van der Waals surface area contributed by atoms with Gasteiger partial charge in [-0.05, 0) is 37.1 Å². The van der Waals surface area contributed by atoms with Gasteiger partial charge in [-0.3, -0.25) is 4.79 Å². The van der Waals surface area contributed by atoms with Gasteiger partial charge in [0.25, 0.3) is 5.91 Å². The molecule has 1 aliphatic heterocycles. The minimum Gasteiger partial charge on any atom is -0.507 e. The predicted octanol–water partition coefficient (Wildman–Crippen LogP) is 1.47. The molecule has 0 aromatic heterocycles. The van der Waals surface area contributed by atoms with Gasteiger partial charge in [-0.2, -0.15) is 0 Å². The van der Waals surface area contributed by atoms with E-state index in [0.717, 1.165) is 6.42 Å². The molecule has 4 nitrogen and oxygen atoms in total. The number of nitrogens with two attached hydrogens (primary N) is 1. The van der Waals surface area contributed by atoms with Crippen molar-refractivity contribution in [1.29, 1.82) is 0 Å². The van der Waals surface area contributed by atoms with Crippen molar-refractivity contribution in [2.24, 2.45) is 11.7 Å². The molecule has 2 rings (SSSR count). The number of benzene rings is 1. The van der Waals surface area contributed by atoms with E-state index in [-0.39, 0.29) is 11.7 Å². The standard InChI is InChI=1S/C12H15ClN2O2/c13-9-1-2-10(11(16)5-9)12(17)15-4-3-8(6-14)7-15/h1-2,5,8,16H,3-4,6-7,14H2/t8-/m1/s1. The van der Waals surface area contributed by atoms with Gasteiger partial charge in [0, 0.05) is 18.1 Å². The lowest BCUT2D eigenvalue weighted by atomic mass is 10.1. The number of likely N-dealkylation sites (tertiary alicyclic amines) is 1. The number of carbonyl (C=O) groups excluding carboxylic acids is 1. The van der Waals surface area contributed by atoms with Crippen molar-refractivity contribution in [2.75, 3.05) is 19.6 Å². The lowest BCUT2D eigenvalue weighted by molar-refractivity contribution is 0.0784. The van der Waals surface area contributed by atoms with Crippen molar-refractivity contribution < 1.29 is 9.90 Å². The van der Waals surface area contributed by atoms with Crippen LogP contribution in [0, 0.1) is 5.92 Å². The van der Waals surface area contributed by atoms with Crippen molar-refractivity contribution in [1.82, 2.24) is 4.90 Å². The van der Waals surface area contributed by atoms with Crippen LogP contribution >= 0.6 is 11.6 Å². The van der Waals surface area contributed by atoms with Crippen LogP contribution in [0.25, 0.3) is 0 Å². The van der Waals surface area contributed by atoms with Crippen molar-refractivity contribution in [3.8, 4) is 5.75 Å². The Bertz CT molecular complexity index is 437. The van der Waals surface area contributed by atoms with Gasteiger partial charge in [-0.15, -0.1) is 0 Å². The molecule has 1 fully saturated rings. The van der Waals surface area contributed by atoms with E-state index in [2.05, 4.69) is 0 Å². The zero-order valence-corrected chi connectivity index (χ0v) is 10.2. The number of phenols is 1. The molecule has 1 atom stereocenters. The fourth-order valence-corrected chi connectivity index (χ4v) is 2.23. The second-order valence-corrected chi connectivity index (χ2v) is 4.74. The highest BCUT2D eigenvalue weighted by atomic mass is 35.5. The van der Waals surface area contributed by atoms with Gasteiger partial charge in [0.1, 0.15) is 5.75 Å². The maximum absolute atomic E-state index is 12.1. The number of amides is 1. The number of hydrogen-bond acceptors (Lipinski definition) is 3. The van der Waals surface area contributed by atoms with Crippen LogP contribution in [0.1, 0.15) is 16.8 Å². The summed E-state index contributed by atoms with van der Waals surface area (Å²) in [5.74, 6) is 0.141. The van der Waals surface area contributed by atoms with Gasteiger partial charge in [0.05, 0.1) is 5.56 Å². The quantitative estimate of drug-likeness (QED) is 0.840. The van der Waals surface area contributed by atoms with Gasteiger partial charge < -0.3 is 15.7 Å². The Labute approximate surface area is 105 Å². The number of aromatic hydroxyl groups is 1. The van der Waals surface area contributed by atoms with Crippen molar-refractivity contribution in [3.05, 3.63) is 28.8 Å². The van der Waals surface area contributed by atoms with Crippen LogP contribution in [0.3, 0.4) is 0 Å². The highest BCUT2D eigenvalue weighted by molar-refractivity contribution is 6.30. The zero-order valence-electron chi connectivity index (χ0n) is 9.40. The Balaban J connectivity index is 2.15. The summed E-state index contributed by atoms with van der Waals surface area (Å²) in [7, 11) is 0. The first kappa shape index (κ1) is 12.2. The highest BCUT2D eigenvalue weighted by Gasteiger charge is 2.27. The SMILES string of the molecule is NC[C@H]1CCN(C(=O)c2ccc(Cl)cc2O)C1. The molecule has 3 N–H and O–H groups in total. The summed E-state index contributed by atoms with van der Waals surface area (Å²) in [4.78, 5) is 13.8. The van der Waals surface area contributed by atoms with E-state index in [1.54, 1.807) is 17.0 Å². The van der Waals surface area contributed by atoms with Crippen LogP contribution in [0.5, 0.6) is 5.75 Å². The average Bonchev–Trinajstić information content (AvgIpc) is 2.76. The molecule has 0 saturated carbocycles. The molecule has 0 aliphatic carbocycles. The van der Waals surface area contributed by atoms with Gasteiger partial charge >= 0.3 is 0 Å². The fourth-order valence-electron chi connectivity index (χ4n) is 2.07. The highest BCUT2D eigenvalue weighted by Crippen LogP contribution is 2.25. The third-order valence-corrected chi connectivity index (χ3v) is 3.33. The van der Waals surface area contributed by atoms with Crippen LogP contribution in [-0.4, -0.2) is 35.5 Å². The third kappa shape index (κ3) is 2.53. The molecule has 1 heterocycles. The molecule has 0 spiro atoms. The molecular formula is C12H15ClN2O2. The molecular weight excluding hydrogens is 240 g/mol. The minimum atomic E-state index is -0.157. The van der Waals surface area contributed by atoms with Crippen LogP contribution in [0.2, 0.25) is 5.02 Å². The first-order valence-corrected chi connectivity index (χ1v) is 5.97. The smallest absolute Gasteiger partial charge is 0.257 e. The number of halogens is 1. The Morgan fingerprint density at radius 2 is 2.35 bits per heavy atom. The molecule has 0 unspecified atom stereocenters. The summed E-state index contributed by atoms with van der Waals surface area (Å²) < 4.78 is 0. The average molecular weight is 255 g/mol. The van der Waals surface area contributed by atoms with E-state index < -0.39 is 0 Å². The zero-order chi connectivity index (χ0) is 12.4. The second-order valence-electron chi connectivity index (χ2n) is 4.30. The van der Waals surface area contributed by atoms with Crippen molar-refractivity contribution in [3.63, 3.8) is 0 Å². The van der Waals surface area contributed by atoms with Gasteiger partial charge in [-0.25, -0.2) is 0 Å². The maximum atomic E-state index is 12.1. The molecule has 0 radical (unpaired) electrons. The summed E-state index contributed by atoms with van der Waals surface area (Å²) in [6.07, 6.45) is 0.927. The number of rotatable bonds is 2. The lowest BCUT2D eigenvalue weighted by Gasteiger charge is -2.17. The number of hydrogen-bond donors (Lipinski definition) is 2. The summed E-state index contributed by atoms with van der Waals surface area (Å²) in [5, 5.41) is 10.1. The van der Waals surface area contributed by atoms with Crippen LogP contribution in [0.4, 0.5) is 0 Å². The summed E-state index contributed by atoms with van der Waals surface area (Å²) in [6.45, 7) is 1.95. The maximum Gasteiger partial charge on any atom is 0.257 e. The minimum absolute atomic E-state index is 0.0706. The third-order valence-electron chi connectivity index (χ3n) is 3.10. The second kappa shape index (κ2) is 4.94. The molecule has 1 amide bonds. The molecule has 1 saturated heterocycles. The topological polar surface area (TPSA) is 66.6 Å².